The number of carbonyl (C=O) groups is 2. The van der Waals surface area contributed by atoms with Crippen LogP contribution < -0.4 is 15.8 Å². The average Bonchev–Trinajstić information content (AvgIpc) is 2.35. The Morgan fingerprint density at radius 1 is 1.59 bits per heavy atom. The van der Waals surface area contributed by atoms with Crippen LogP contribution in [0.2, 0.25) is 0 Å². The number of hydrogen-bond acceptors (Lipinski definition) is 5. The number of pyridine rings is 1. The summed E-state index contributed by atoms with van der Waals surface area (Å²) in [6.45, 7) is -0.236. The molecule has 92 valence electrons. The first kappa shape index (κ1) is 12.9. The predicted octanol–water partition coefficient (Wildman–Crippen LogP) is -1.33. The molecule has 0 bridgehead atoms. The third-order valence-corrected chi connectivity index (χ3v) is 1.99. The molecule has 0 aliphatic rings. The summed E-state index contributed by atoms with van der Waals surface area (Å²) >= 11 is 0. The van der Waals surface area contributed by atoms with Gasteiger partial charge in [-0.05, 0) is 6.07 Å². The molecule has 0 aliphatic heterocycles. The maximum absolute atomic E-state index is 11.5. The van der Waals surface area contributed by atoms with E-state index < -0.39 is 17.9 Å². The van der Waals surface area contributed by atoms with E-state index in [2.05, 4.69) is 10.3 Å². The number of nitrogens with zero attached hydrogens (tertiary/aromatic N) is 1. The standard InChI is InChI=1S/C10H13N3O4/c1-17-8-3-2-6(4-12-8)10(16)13-5-7(14)9(11)15/h2-4,7,14H,5H2,1H3,(H2,11,15)(H,13,16). The van der Waals surface area contributed by atoms with Crippen molar-refractivity contribution in [1.29, 1.82) is 0 Å². The van der Waals surface area contributed by atoms with Crippen LogP contribution in [0.15, 0.2) is 18.3 Å². The van der Waals surface area contributed by atoms with E-state index in [-0.39, 0.29) is 6.54 Å². The fourth-order valence-electron chi connectivity index (χ4n) is 1.03. The predicted molar refractivity (Wildman–Crippen MR) is 58.3 cm³/mol. The zero-order valence-corrected chi connectivity index (χ0v) is 9.21. The Bertz CT molecular complexity index is 405. The Kier molecular flexibility index (Phi) is 4.41. The fourth-order valence-corrected chi connectivity index (χ4v) is 1.03. The van der Waals surface area contributed by atoms with Crippen LogP contribution >= 0.6 is 0 Å². The third-order valence-electron chi connectivity index (χ3n) is 1.99. The number of ether oxygens (including phenoxy) is 1. The highest BCUT2D eigenvalue weighted by molar-refractivity contribution is 5.94. The summed E-state index contributed by atoms with van der Waals surface area (Å²) in [4.78, 5) is 25.9. The first-order valence-electron chi connectivity index (χ1n) is 4.80. The summed E-state index contributed by atoms with van der Waals surface area (Å²) in [5.74, 6) is -0.961. The Morgan fingerprint density at radius 3 is 2.76 bits per heavy atom. The van der Waals surface area contributed by atoms with Gasteiger partial charge in [0.05, 0.1) is 19.2 Å². The first-order chi connectivity index (χ1) is 8.04. The number of aliphatic hydroxyl groups excluding tert-OH is 1. The Hall–Kier alpha value is -2.15. The number of rotatable bonds is 5. The lowest BCUT2D eigenvalue weighted by Crippen LogP contribution is -2.39. The highest BCUT2D eigenvalue weighted by Gasteiger charge is 2.13. The molecule has 7 heteroatoms. The minimum atomic E-state index is -1.40. The van der Waals surface area contributed by atoms with E-state index in [1.54, 1.807) is 0 Å². The van der Waals surface area contributed by atoms with Crippen molar-refractivity contribution in [3.63, 3.8) is 0 Å². The number of amides is 2. The zero-order valence-electron chi connectivity index (χ0n) is 9.21. The SMILES string of the molecule is COc1ccc(C(=O)NCC(O)C(N)=O)cn1. The van der Waals surface area contributed by atoms with Crippen molar-refractivity contribution in [3.8, 4) is 5.88 Å². The molecule has 0 spiro atoms. The van der Waals surface area contributed by atoms with Crippen LogP contribution in [0.1, 0.15) is 10.4 Å². The second-order valence-electron chi connectivity index (χ2n) is 3.22. The van der Waals surface area contributed by atoms with Gasteiger partial charge in [-0.15, -0.1) is 0 Å². The zero-order chi connectivity index (χ0) is 12.8. The normalized spacial score (nSPS) is 11.6. The van der Waals surface area contributed by atoms with Crippen LogP contribution in [0.3, 0.4) is 0 Å². The number of aromatic nitrogens is 1. The molecular weight excluding hydrogens is 226 g/mol. The number of carbonyl (C=O) groups excluding carboxylic acids is 2. The van der Waals surface area contributed by atoms with E-state index in [1.807, 2.05) is 0 Å². The highest BCUT2D eigenvalue weighted by atomic mass is 16.5. The number of nitrogens with one attached hydrogen (secondary N) is 1. The maximum Gasteiger partial charge on any atom is 0.252 e. The van der Waals surface area contributed by atoms with E-state index >= 15 is 0 Å². The van der Waals surface area contributed by atoms with Crippen LogP contribution in [0.25, 0.3) is 0 Å². The molecule has 0 aromatic carbocycles. The molecule has 1 aromatic rings. The molecule has 1 aromatic heterocycles. The van der Waals surface area contributed by atoms with Gasteiger partial charge in [0, 0.05) is 12.3 Å². The summed E-state index contributed by atoms with van der Waals surface area (Å²) in [6.07, 6.45) is -0.0738. The first-order valence-corrected chi connectivity index (χ1v) is 4.80. The van der Waals surface area contributed by atoms with E-state index in [9.17, 15) is 9.59 Å². The molecule has 1 atom stereocenters. The minimum absolute atomic E-state index is 0.236. The summed E-state index contributed by atoms with van der Waals surface area (Å²) in [5, 5.41) is 11.4. The van der Waals surface area contributed by atoms with E-state index in [1.165, 1.54) is 25.4 Å². The van der Waals surface area contributed by atoms with Gasteiger partial charge >= 0.3 is 0 Å². The lowest BCUT2D eigenvalue weighted by molar-refractivity contribution is -0.125. The lowest BCUT2D eigenvalue weighted by Gasteiger charge is -2.08. The molecule has 4 N–H and O–H groups in total. The second kappa shape index (κ2) is 5.80. The number of methoxy groups -OCH3 is 1. The molecule has 0 saturated carbocycles. The van der Waals surface area contributed by atoms with Crippen LogP contribution in [-0.4, -0.2) is 41.7 Å². The van der Waals surface area contributed by atoms with Crippen molar-refractivity contribution in [3.05, 3.63) is 23.9 Å². The number of nitrogens with two attached hydrogens (primary N) is 1. The second-order valence-corrected chi connectivity index (χ2v) is 3.22. The Labute approximate surface area is 97.6 Å². The van der Waals surface area contributed by atoms with E-state index in [4.69, 9.17) is 15.6 Å². The van der Waals surface area contributed by atoms with Gasteiger partial charge in [-0.2, -0.15) is 0 Å². The lowest BCUT2D eigenvalue weighted by atomic mass is 10.2. The van der Waals surface area contributed by atoms with Gasteiger partial charge in [-0.25, -0.2) is 4.98 Å². The minimum Gasteiger partial charge on any atom is -0.481 e. The molecule has 0 radical (unpaired) electrons. The topological polar surface area (TPSA) is 115 Å². The average molecular weight is 239 g/mol. The van der Waals surface area contributed by atoms with Gasteiger partial charge < -0.3 is 20.9 Å². The number of aliphatic hydroxyl groups is 1. The van der Waals surface area contributed by atoms with Crippen molar-refractivity contribution in [2.75, 3.05) is 13.7 Å². The summed E-state index contributed by atoms with van der Waals surface area (Å²) in [7, 11) is 1.46. The fraction of sp³-hybridized carbons (Fsp3) is 0.300. The molecule has 1 rings (SSSR count). The molecule has 7 nitrogen and oxygen atoms in total. The van der Waals surface area contributed by atoms with Crippen molar-refractivity contribution in [2.24, 2.45) is 5.73 Å². The van der Waals surface area contributed by atoms with Crippen LogP contribution in [0.5, 0.6) is 5.88 Å². The molecule has 2 amide bonds. The summed E-state index contributed by atoms with van der Waals surface area (Å²) < 4.78 is 4.83. The molecule has 0 aliphatic carbocycles. The van der Waals surface area contributed by atoms with Crippen molar-refractivity contribution < 1.29 is 19.4 Å². The van der Waals surface area contributed by atoms with Gasteiger partial charge in [-0.1, -0.05) is 0 Å². The van der Waals surface area contributed by atoms with Crippen molar-refractivity contribution in [1.82, 2.24) is 10.3 Å². The third kappa shape index (κ3) is 3.72. The van der Waals surface area contributed by atoms with Crippen LogP contribution in [0, 0.1) is 0 Å². The molecule has 17 heavy (non-hydrogen) atoms. The summed E-state index contributed by atoms with van der Waals surface area (Å²) in [6, 6.07) is 3.04. The monoisotopic (exact) mass is 239 g/mol. The van der Waals surface area contributed by atoms with E-state index in [0.717, 1.165) is 0 Å². The van der Waals surface area contributed by atoms with Crippen LogP contribution in [0.4, 0.5) is 0 Å². The smallest absolute Gasteiger partial charge is 0.252 e. The number of primary amides is 1. The van der Waals surface area contributed by atoms with Gasteiger partial charge in [0.2, 0.25) is 11.8 Å². The molecule has 1 unspecified atom stereocenters. The number of hydrogen-bond donors (Lipinski definition) is 3. The summed E-state index contributed by atoms with van der Waals surface area (Å²) in [5.41, 5.74) is 5.12. The van der Waals surface area contributed by atoms with Crippen molar-refractivity contribution in [2.45, 2.75) is 6.10 Å². The molecular formula is C10H13N3O4. The van der Waals surface area contributed by atoms with Crippen molar-refractivity contribution >= 4 is 11.8 Å². The quantitative estimate of drug-likeness (QED) is 0.588. The van der Waals surface area contributed by atoms with E-state index in [0.29, 0.717) is 11.4 Å². The maximum atomic E-state index is 11.5. The molecule has 0 fully saturated rings. The van der Waals surface area contributed by atoms with Crippen LogP contribution in [-0.2, 0) is 4.79 Å². The van der Waals surface area contributed by atoms with Gasteiger partial charge in [0.15, 0.2) is 0 Å². The Balaban J connectivity index is 2.55. The van der Waals surface area contributed by atoms with Gasteiger partial charge in [0.25, 0.3) is 5.91 Å². The van der Waals surface area contributed by atoms with Gasteiger partial charge in [0.1, 0.15) is 6.10 Å². The van der Waals surface area contributed by atoms with Gasteiger partial charge in [-0.3, -0.25) is 9.59 Å². The largest absolute Gasteiger partial charge is 0.481 e. The highest BCUT2D eigenvalue weighted by Crippen LogP contribution is 2.06. The molecule has 0 saturated heterocycles. The Morgan fingerprint density at radius 2 is 2.29 bits per heavy atom. The molecule has 1 heterocycles.